The van der Waals surface area contributed by atoms with Gasteiger partial charge in [-0.1, -0.05) is 11.6 Å². The Morgan fingerprint density at radius 3 is 3.05 bits per heavy atom. The lowest BCUT2D eigenvalue weighted by atomic mass is 10.1. The number of hydrogen-bond donors (Lipinski definition) is 1. The average molecular weight is 339 g/mol. The molecule has 5 nitrogen and oxygen atoms in total. The molecule has 1 fully saturated rings. The van der Waals surface area contributed by atoms with Gasteiger partial charge in [-0.25, -0.2) is 0 Å². The van der Waals surface area contributed by atoms with E-state index >= 15 is 0 Å². The number of hydrogen-bond acceptors (Lipinski definition) is 4. The number of anilines is 1. The molecule has 0 aliphatic carbocycles. The van der Waals surface area contributed by atoms with Crippen molar-refractivity contribution in [3.8, 4) is 0 Å². The van der Waals surface area contributed by atoms with Crippen LogP contribution in [0.25, 0.3) is 0 Å². The standard InChI is InChI=1S/C15H19ClN4OS/c1-19-15(6-7-17-19)20-8-2-3-11(10-20)18-14(21)9-12-4-5-13(16)22-12/h4-7,11H,2-3,8-10H2,1H3,(H,18,21)/t11-/m1/s1. The minimum atomic E-state index is 0.0652. The molecule has 0 aromatic carbocycles. The minimum Gasteiger partial charge on any atom is -0.355 e. The number of rotatable bonds is 4. The predicted molar refractivity (Wildman–Crippen MR) is 89.6 cm³/mol. The summed E-state index contributed by atoms with van der Waals surface area (Å²) in [4.78, 5) is 15.4. The van der Waals surface area contributed by atoms with Gasteiger partial charge >= 0.3 is 0 Å². The van der Waals surface area contributed by atoms with Crippen LogP contribution in [-0.2, 0) is 18.3 Å². The number of amides is 1. The second-order valence-electron chi connectivity index (χ2n) is 5.55. The van der Waals surface area contributed by atoms with E-state index in [9.17, 15) is 4.79 Å². The zero-order chi connectivity index (χ0) is 15.5. The van der Waals surface area contributed by atoms with Crippen LogP contribution in [-0.4, -0.2) is 34.8 Å². The maximum Gasteiger partial charge on any atom is 0.225 e. The SMILES string of the molecule is Cn1nccc1N1CCC[C@@H](NC(=O)Cc2ccc(Cl)s2)C1. The lowest BCUT2D eigenvalue weighted by Crippen LogP contribution is -2.48. The van der Waals surface area contributed by atoms with Crippen molar-refractivity contribution >= 4 is 34.7 Å². The smallest absolute Gasteiger partial charge is 0.225 e. The molecule has 0 radical (unpaired) electrons. The first kappa shape index (κ1) is 15.4. The zero-order valence-corrected chi connectivity index (χ0v) is 14.0. The molecule has 1 N–H and O–H groups in total. The van der Waals surface area contributed by atoms with Crippen molar-refractivity contribution in [2.24, 2.45) is 7.05 Å². The van der Waals surface area contributed by atoms with Gasteiger partial charge in [0.05, 0.1) is 17.0 Å². The van der Waals surface area contributed by atoms with E-state index in [1.165, 1.54) is 11.3 Å². The van der Waals surface area contributed by atoms with Crippen molar-refractivity contribution in [1.82, 2.24) is 15.1 Å². The van der Waals surface area contributed by atoms with Crippen LogP contribution in [0.15, 0.2) is 24.4 Å². The van der Waals surface area contributed by atoms with Crippen molar-refractivity contribution in [3.63, 3.8) is 0 Å². The number of aromatic nitrogens is 2. The molecule has 2 aromatic rings. The first-order valence-electron chi connectivity index (χ1n) is 7.38. The maximum absolute atomic E-state index is 12.2. The van der Waals surface area contributed by atoms with Crippen molar-refractivity contribution in [2.75, 3.05) is 18.0 Å². The highest BCUT2D eigenvalue weighted by Gasteiger charge is 2.23. The summed E-state index contributed by atoms with van der Waals surface area (Å²) >= 11 is 7.36. The van der Waals surface area contributed by atoms with E-state index in [1.54, 1.807) is 6.20 Å². The number of thiophene rings is 1. The molecule has 2 aromatic heterocycles. The second kappa shape index (κ2) is 6.71. The fourth-order valence-corrected chi connectivity index (χ4v) is 3.95. The van der Waals surface area contributed by atoms with E-state index < -0.39 is 0 Å². The van der Waals surface area contributed by atoms with E-state index in [4.69, 9.17) is 11.6 Å². The molecule has 0 spiro atoms. The van der Waals surface area contributed by atoms with Gasteiger partial charge in [0.1, 0.15) is 5.82 Å². The molecule has 0 bridgehead atoms. The molecule has 0 saturated carbocycles. The number of piperidine rings is 1. The number of carbonyl (C=O) groups excluding carboxylic acids is 1. The van der Waals surface area contributed by atoms with E-state index in [2.05, 4.69) is 15.3 Å². The quantitative estimate of drug-likeness (QED) is 0.931. The molecule has 1 aliphatic rings. The molecule has 1 saturated heterocycles. The molecule has 0 unspecified atom stereocenters. The molecule has 3 heterocycles. The van der Waals surface area contributed by atoms with Gasteiger partial charge < -0.3 is 10.2 Å². The average Bonchev–Trinajstić information content (AvgIpc) is 3.07. The highest BCUT2D eigenvalue weighted by atomic mass is 35.5. The number of nitrogens with one attached hydrogen (secondary N) is 1. The molecule has 3 rings (SSSR count). The summed E-state index contributed by atoms with van der Waals surface area (Å²) in [5.41, 5.74) is 0. The van der Waals surface area contributed by atoms with Gasteiger partial charge in [0.15, 0.2) is 0 Å². The van der Waals surface area contributed by atoms with E-state index in [-0.39, 0.29) is 11.9 Å². The first-order valence-corrected chi connectivity index (χ1v) is 8.58. The van der Waals surface area contributed by atoms with Gasteiger partial charge in [0.25, 0.3) is 0 Å². The van der Waals surface area contributed by atoms with Gasteiger partial charge in [0.2, 0.25) is 5.91 Å². The third kappa shape index (κ3) is 3.62. The van der Waals surface area contributed by atoms with Gasteiger partial charge in [-0.05, 0) is 25.0 Å². The second-order valence-corrected chi connectivity index (χ2v) is 7.35. The Morgan fingerprint density at radius 2 is 2.36 bits per heavy atom. The molecule has 22 heavy (non-hydrogen) atoms. The van der Waals surface area contributed by atoms with Gasteiger partial charge in [-0.3, -0.25) is 9.48 Å². The van der Waals surface area contributed by atoms with E-state index in [0.717, 1.165) is 41.0 Å². The van der Waals surface area contributed by atoms with Crippen molar-refractivity contribution < 1.29 is 4.79 Å². The summed E-state index contributed by atoms with van der Waals surface area (Å²) in [7, 11) is 1.94. The van der Waals surface area contributed by atoms with Gasteiger partial charge in [0, 0.05) is 37.1 Å². The summed E-state index contributed by atoms with van der Waals surface area (Å²) in [6.07, 6.45) is 4.30. The van der Waals surface area contributed by atoms with Crippen molar-refractivity contribution in [2.45, 2.75) is 25.3 Å². The molecular weight excluding hydrogens is 320 g/mol. The Balaban J connectivity index is 1.56. The number of halogens is 1. The van der Waals surface area contributed by atoms with E-state index in [0.29, 0.717) is 6.42 Å². The van der Waals surface area contributed by atoms with Crippen molar-refractivity contribution in [3.05, 3.63) is 33.6 Å². The van der Waals surface area contributed by atoms with Crippen LogP contribution in [0.1, 0.15) is 17.7 Å². The molecule has 7 heteroatoms. The number of aryl methyl sites for hydroxylation is 1. The maximum atomic E-state index is 12.2. The predicted octanol–water partition coefficient (Wildman–Crippen LogP) is 2.46. The monoisotopic (exact) mass is 338 g/mol. The zero-order valence-electron chi connectivity index (χ0n) is 12.5. The van der Waals surface area contributed by atoms with Crippen LogP contribution in [0, 0.1) is 0 Å². The van der Waals surface area contributed by atoms with Crippen LogP contribution in [0.2, 0.25) is 4.34 Å². The fourth-order valence-electron chi connectivity index (χ4n) is 2.86. The summed E-state index contributed by atoms with van der Waals surface area (Å²) in [5, 5.41) is 7.35. The highest BCUT2D eigenvalue weighted by molar-refractivity contribution is 7.16. The van der Waals surface area contributed by atoms with Gasteiger partial charge in [-0.15, -0.1) is 11.3 Å². The topological polar surface area (TPSA) is 50.2 Å². The Kier molecular flexibility index (Phi) is 4.69. The Labute approximate surface area is 138 Å². The fraction of sp³-hybridized carbons (Fsp3) is 0.467. The van der Waals surface area contributed by atoms with Gasteiger partial charge in [-0.2, -0.15) is 5.10 Å². The number of nitrogens with zero attached hydrogens (tertiary/aromatic N) is 3. The molecule has 118 valence electrons. The Bertz CT molecular complexity index is 654. The van der Waals surface area contributed by atoms with Crippen LogP contribution in [0.5, 0.6) is 0 Å². The summed E-state index contributed by atoms with van der Waals surface area (Å²) in [6, 6.07) is 5.94. The largest absolute Gasteiger partial charge is 0.355 e. The minimum absolute atomic E-state index is 0.0652. The molecular formula is C15H19ClN4OS. The normalized spacial score (nSPS) is 18.5. The molecule has 1 atom stereocenters. The number of carbonyl (C=O) groups is 1. The Hall–Kier alpha value is -1.53. The Morgan fingerprint density at radius 1 is 1.50 bits per heavy atom. The van der Waals surface area contributed by atoms with Crippen LogP contribution in [0.4, 0.5) is 5.82 Å². The molecule has 1 aliphatic heterocycles. The van der Waals surface area contributed by atoms with Crippen LogP contribution >= 0.6 is 22.9 Å². The molecule has 1 amide bonds. The van der Waals surface area contributed by atoms with Crippen LogP contribution in [0.3, 0.4) is 0 Å². The van der Waals surface area contributed by atoms with E-state index in [1.807, 2.05) is 29.9 Å². The van der Waals surface area contributed by atoms with Crippen molar-refractivity contribution in [1.29, 1.82) is 0 Å². The highest BCUT2D eigenvalue weighted by Crippen LogP contribution is 2.22. The summed E-state index contributed by atoms with van der Waals surface area (Å²) in [5.74, 6) is 1.17. The third-order valence-corrected chi connectivity index (χ3v) is 5.10. The summed E-state index contributed by atoms with van der Waals surface area (Å²) < 4.78 is 2.60. The third-order valence-electron chi connectivity index (χ3n) is 3.87. The van der Waals surface area contributed by atoms with Crippen LogP contribution < -0.4 is 10.2 Å². The summed E-state index contributed by atoms with van der Waals surface area (Å²) in [6.45, 7) is 1.84. The lowest BCUT2D eigenvalue weighted by Gasteiger charge is -2.34. The first-order chi connectivity index (χ1) is 10.6. The lowest BCUT2D eigenvalue weighted by molar-refractivity contribution is -0.121.